The molecule has 1 fully saturated rings. The number of carbonyl (C=O) groups is 1. The summed E-state index contributed by atoms with van der Waals surface area (Å²) in [7, 11) is 0. The predicted molar refractivity (Wildman–Crippen MR) is 116 cm³/mol. The molecule has 0 aliphatic carbocycles. The standard InChI is InChI=1S/C24H22N4O/c1-17-21-8-4-5-9-22(21)23(26-25-17)27-12-14-28(15-13-27)24(29)20-11-10-18-6-2-3-7-19(18)16-20/h2-11,16H,12-15H2,1H3. The molecule has 5 rings (SSSR count). The molecule has 5 nitrogen and oxygen atoms in total. The minimum atomic E-state index is 0.0928. The van der Waals surface area contributed by atoms with E-state index in [0.717, 1.165) is 51.7 Å². The summed E-state index contributed by atoms with van der Waals surface area (Å²) in [4.78, 5) is 17.2. The third kappa shape index (κ3) is 3.18. The molecule has 0 spiro atoms. The van der Waals surface area contributed by atoms with E-state index >= 15 is 0 Å². The summed E-state index contributed by atoms with van der Waals surface area (Å²) in [5.41, 5.74) is 1.69. The van der Waals surface area contributed by atoms with Gasteiger partial charge in [-0.15, -0.1) is 5.10 Å². The van der Waals surface area contributed by atoms with Gasteiger partial charge in [-0.25, -0.2) is 0 Å². The number of aromatic nitrogens is 2. The van der Waals surface area contributed by atoms with Gasteiger partial charge in [0.05, 0.1) is 5.69 Å². The van der Waals surface area contributed by atoms with E-state index in [1.54, 1.807) is 0 Å². The molecule has 1 saturated heterocycles. The first-order valence-corrected chi connectivity index (χ1v) is 9.96. The maximum Gasteiger partial charge on any atom is 0.253 e. The lowest BCUT2D eigenvalue weighted by atomic mass is 10.1. The van der Waals surface area contributed by atoms with Gasteiger partial charge in [0.1, 0.15) is 0 Å². The second-order valence-corrected chi connectivity index (χ2v) is 7.50. The first kappa shape index (κ1) is 17.6. The van der Waals surface area contributed by atoms with E-state index in [0.29, 0.717) is 13.1 Å². The fourth-order valence-corrected chi connectivity index (χ4v) is 4.08. The Labute approximate surface area is 169 Å². The van der Waals surface area contributed by atoms with E-state index in [4.69, 9.17) is 0 Å². The van der Waals surface area contributed by atoms with Crippen LogP contribution in [0.5, 0.6) is 0 Å². The summed E-state index contributed by atoms with van der Waals surface area (Å²) in [6.07, 6.45) is 0. The van der Waals surface area contributed by atoms with Crippen LogP contribution in [-0.2, 0) is 0 Å². The number of rotatable bonds is 2. The molecular formula is C24H22N4O. The van der Waals surface area contributed by atoms with Gasteiger partial charge < -0.3 is 9.80 Å². The van der Waals surface area contributed by atoms with Crippen molar-refractivity contribution in [1.82, 2.24) is 15.1 Å². The van der Waals surface area contributed by atoms with Gasteiger partial charge in [-0.05, 0) is 29.8 Å². The van der Waals surface area contributed by atoms with E-state index in [1.165, 1.54) is 0 Å². The lowest BCUT2D eigenvalue weighted by Crippen LogP contribution is -2.49. The van der Waals surface area contributed by atoms with Crippen molar-refractivity contribution in [1.29, 1.82) is 0 Å². The Hall–Kier alpha value is -3.47. The molecular weight excluding hydrogens is 360 g/mol. The molecule has 1 aliphatic rings. The third-order valence-corrected chi connectivity index (χ3v) is 5.72. The number of aryl methyl sites for hydroxylation is 1. The molecule has 0 radical (unpaired) electrons. The van der Waals surface area contributed by atoms with E-state index < -0.39 is 0 Å². The highest BCUT2D eigenvalue weighted by molar-refractivity contribution is 5.99. The fraction of sp³-hybridized carbons (Fsp3) is 0.208. The SMILES string of the molecule is Cc1nnc(N2CCN(C(=O)c3ccc4ccccc4c3)CC2)c2ccccc12. The van der Waals surface area contributed by atoms with E-state index in [1.807, 2.05) is 60.4 Å². The summed E-state index contributed by atoms with van der Waals surface area (Å²) in [6, 6.07) is 22.3. The average molecular weight is 382 g/mol. The van der Waals surface area contributed by atoms with Gasteiger partial charge in [0.15, 0.2) is 5.82 Å². The van der Waals surface area contributed by atoms with Crippen molar-refractivity contribution in [3.05, 3.63) is 78.0 Å². The molecule has 1 aliphatic heterocycles. The number of anilines is 1. The Morgan fingerprint density at radius 2 is 1.48 bits per heavy atom. The van der Waals surface area contributed by atoms with Gasteiger partial charge in [-0.1, -0.05) is 54.6 Å². The second kappa shape index (κ2) is 7.17. The zero-order valence-corrected chi connectivity index (χ0v) is 16.4. The highest BCUT2D eigenvalue weighted by Gasteiger charge is 2.24. The lowest BCUT2D eigenvalue weighted by molar-refractivity contribution is 0.0747. The molecule has 0 unspecified atom stereocenters. The number of hydrogen-bond acceptors (Lipinski definition) is 4. The summed E-state index contributed by atoms with van der Waals surface area (Å²) < 4.78 is 0. The zero-order valence-electron chi connectivity index (χ0n) is 16.4. The van der Waals surface area contributed by atoms with Crippen molar-refractivity contribution in [2.24, 2.45) is 0 Å². The third-order valence-electron chi connectivity index (χ3n) is 5.72. The second-order valence-electron chi connectivity index (χ2n) is 7.50. The number of hydrogen-bond donors (Lipinski definition) is 0. The Bertz CT molecular complexity index is 1210. The normalized spacial score (nSPS) is 14.5. The highest BCUT2D eigenvalue weighted by atomic mass is 16.2. The van der Waals surface area contributed by atoms with Crippen LogP contribution in [0.15, 0.2) is 66.7 Å². The van der Waals surface area contributed by atoms with E-state index in [9.17, 15) is 4.79 Å². The van der Waals surface area contributed by atoms with Crippen LogP contribution in [-0.4, -0.2) is 47.2 Å². The van der Waals surface area contributed by atoms with Gasteiger partial charge in [0.2, 0.25) is 0 Å². The summed E-state index contributed by atoms with van der Waals surface area (Å²) in [6.45, 7) is 4.84. The Morgan fingerprint density at radius 1 is 0.793 bits per heavy atom. The van der Waals surface area contributed by atoms with Crippen molar-refractivity contribution in [2.45, 2.75) is 6.92 Å². The van der Waals surface area contributed by atoms with Gasteiger partial charge in [0, 0.05) is 42.5 Å². The van der Waals surface area contributed by atoms with Crippen molar-refractivity contribution >= 4 is 33.3 Å². The van der Waals surface area contributed by atoms with E-state index in [-0.39, 0.29) is 5.91 Å². The number of piperazine rings is 1. The van der Waals surface area contributed by atoms with Crippen LogP contribution in [0.3, 0.4) is 0 Å². The number of amides is 1. The summed E-state index contributed by atoms with van der Waals surface area (Å²) in [5.74, 6) is 0.999. The van der Waals surface area contributed by atoms with Crippen LogP contribution in [0.1, 0.15) is 16.1 Å². The molecule has 3 aromatic carbocycles. The minimum absolute atomic E-state index is 0.0928. The van der Waals surface area contributed by atoms with Crippen LogP contribution in [0.4, 0.5) is 5.82 Å². The maximum absolute atomic E-state index is 13.0. The molecule has 1 amide bonds. The smallest absolute Gasteiger partial charge is 0.253 e. The van der Waals surface area contributed by atoms with Crippen LogP contribution in [0, 0.1) is 6.92 Å². The number of carbonyl (C=O) groups excluding carboxylic acids is 1. The Kier molecular flexibility index (Phi) is 4.35. The van der Waals surface area contributed by atoms with Crippen LogP contribution >= 0.6 is 0 Å². The molecule has 2 heterocycles. The fourth-order valence-electron chi connectivity index (χ4n) is 4.08. The first-order chi connectivity index (χ1) is 14.2. The van der Waals surface area contributed by atoms with Crippen LogP contribution in [0.2, 0.25) is 0 Å². The number of nitrogens with zero attached hydrogens (tertiary/aromatic N) is 4. The number of benzene rings is 3. The molecule has 0 bridgehead atoms. The van der Waals surface area contributed by atoms with Crippen molar-refractivity contribution in [3.8, 4) is 0 Å². The first-order valence-electron chi connectivity index (χ1n) is 9.96. The van der Waals surface area contributed by atoms with Crippen molar-refractivity contribution in [2.75, 3.05) is 31.1 Å². The van der Waals surface area contributed by atoms with Gasteiger partial charge >= 0.3 is 0 Å². The van der Waals surface area contributed by atoms with Crippen LogP contribution < -0.4 is 4.90 Å². The van der Waals surface area contributed by atoms with Gasteiger partial charge in [0.25, 0.3) is 5.91 Å². The topological polar surface area (TPSA) is 49.3 Å². The average Bonchev–Trinajstić information content (AvgIpc) is 2.79. The molecule has 5 heteroatoms. The van der Waals surface area contributed by atoms with Crippen molar-refractivity contribution < 1.29 is 4.79 Å². The molecule has 0 N–H and O–H groups in total. The summed E-state index contributed by atoms with van der Waals surface area (Å²) in [5, 5.41) is 13.3. The van der Waals surface area contributed by atoms with Gasteiger partial charge in [-0.3, -0.25) is 4.79 Å². The Balaban J connectivity index is 1.35. The maximum atomic E-state index is 13.0. The van der Waals surface area contributed by atoms with Gasteiger partial charge in [-0.2, -0.15) is 5.10 Å². The minimum Gasteiger partial charge on any atom is -0.351 e. The highest BCUT2D eigenvalue weighted by Crippen LogP contribution is 2.26. The molecule has 29 heavy (non-hydrogen) atoms. The van der Waals surface area contributed by atoms with E-state index in [2.05, 4.69) is 33.3 Å². The zero-order chi connectivity index (χ0) is 19.8. The quantitative estimate of drug-likeness (QED) is 0.525. The van der Waals surface area contributed by atoms with Crippen molar-refractivity contribution in [3.63, 3.8) is 0 Å². The molecule has 1 aromatic heterocycles. The predicted octanol–water partition coefficient (Wildman–Crippen LogP) is 4.05. The monoisotopic (exact) mass is 382 g/mol. The molecule has 0 saturated carbocycles. The summed E-state index contributed by atoms with van der Waals surface area (Å²) >= 11 is 0. The molecule has 144 valence electrons. The lowest BCUT2D eigenvalue weighted by Gasteiger charge is -2.35. The largest absolute Gasteiger partial charge is 0.351 e. The molecule has 4 aromatic rings. The van der Waals surface area contributed by atoms with Crippen LogP contribution in [0.25, 0.3) is 21.5 Å². The number of fused-ring (bicyclic) bond motifs is 2. The molecule has 0 atom stereocenters. The Morgan fingerprint density at radius 3 is 2.28 bits per heavy atom.